The summed E-state index contributed by atoms with van der Waals surface area (Å²) >= 11 is 0. The van der Waals surface area contributed by atoms with Gasteiger partial charge in [-0.25, -0.2) is 0 Å². The Bertz CT molecular complexity index is 3740. The molecule has 0 fully saturated rings. The van der Waals surface area contributed by atoms with E-state index in [2.05, 4.69) is 155 Å². The molecule has 66 heavy (non-hydrogen) atoms. The van der Waals surface area contributed by atoms with Crippen LogP contribution in [0, 0.1) is 22.7 Å². The number of hydrogen-bond donors (Lipinski definition) is 0. The fourth-order valence-electron chi connectivity index (χ4n) is 9.74. The molecule has 0 aliphatic carbocycles. The van der Waals surface area contributed by atoms with Crippen LogP contribution in [0.4, 0.5) is 0 Å². The third-order valence-corrected chi connectivity index (χ3v) is 12.7. The van der Waals surface area contributed by atoms with Gasteiger partial charge in [-0.1, -0.05) is 133 Å². The largest absolute Gasteiger partial charge is 0.308 e. The van der Waals surface area contributed by atoms with Gasteiger partial charge in [0.05, 0.1) is 56.5 Å². The van der Waals surface area contributed by atoms with Gasteiger partial charge in [0.15, 0.2) is 0 Å². The molecular formula is C60H36N6. The van der Waals surface area contributed by atoms with E-state index < -0.39 is 0 Å². The number of benzene rings is 8. The number of fused-ring (bicyclic) bond motifs is 6. The van der Waals surface area contributed by atoms with Gasteiger partial charge in [0.2, 0.25) is 0 Å². The van der Waals surface area contributed by atoms with Crippen LogP contribution in [0.15, 0.2) is 219 Å². The highest BCUT2D eigenvalue weighted by Gasteiger charge is 2.24. The van der Waals surface area contributed by atoms with Gasteiger partial charge in [0.25, 0.3) is 0 Å². The van der Waals surface area contributed by atoms with E-state index in [0.29, 0.717) is 11.1 Å². The van der Waals surface area contributed by atoms with Crippen LogP contribution < -0.4 is 0 Å². The van der Waals surface area contributed by atoms with Gasteiger partial charge in [0.1, 0.15) is 11.6 Å². The SMILES string of the molecule is N#Cc1cccc(-c2cc(-n3c4ccccc4c4cc(-c5cccnc5-c5ccccc5)ccc43)c(C#N)c(-n3c4ccccc4c4cc(-c5cccnc5-c5ccccc5)ccc43)c2)c1. The van der Waals surface area contributed by atoms with Gasteiger partial charge in [-0.15, -0.1) is 0 Å². The molecule has 306 valence electrons. The van der Waals surface area contributed by atoms with Crippen LogP contribution in [0.1, 0.15) is 11.1 Å². The third-order valence-electron chi connectivity index (χ3n) is 12.7. The standard InChI is InChI=1S/C60H36N6/c61-37-39-14-11-19-42(32-39)45-35-57(65-53-24-9-7-20-48(53)50-33-43(26-28-55(50)65)46-22-12-30-63-59(46)40-15-3-1-4-16-40)52(38-62)58(36-45)66-54-25-10-8-21-49(54)51-34-44(27-29-56(51)66)47-23-13-31-64-60(47)41-17-5-2-6-18-41/h1-36H. The Hall–Kier alpha value is -9.36. The van der Waals surface area contributed by atoms with Crippen molar-refractivity contribution in [2.75, 3.05) is 0 Å². The summed E-state index contributed by atoms with van der Waals surface area (Å²) < 4.78 is 4.46. The van der Waals surface area contributed by atoms with E-state index in [4.69, 9.17) is 9.97 Å². The molecule has 0 saturated carbocycles. The number of pyridine rings is 2. The molecule has 4 heterocycles. The summed E-state index contributed by atoms with van der Waals surface area (Å²) in [6.45, 7) is 0. The van der Waals surface area contributed by atoms with Crippen LogP contribution >= 0.6 is 0 Å². The van der Waals surface area contributed by atoms with E-state index in [1.54, 1.807) is 0 Å². The zero-order chi connectivity index (χ0) is 44.1. The molecule has 0 N–H and O–H groups in total. The minimum Gasteiger partial charge on any atom is -0.308 e. The summed E-state index contributed by atoms with van der Waals surface area (Å²) in [6.07, 6.45) is 3.68. The summed E-state index contributed by atoms with van der Waals surface area (Å²) in [5.74, 6) is 0. The highest BCUT2D eigenvalue weighted by molar-refractivity contribution is 6.13. The molecule has 0 saturated heterocycles. The van der Waals surface area contributed by atoms with Crippen LogP contribution in [-0.4, -0.2) is 19.1 Å². The third kappa shape index (κ3) is 6.25. The Morgan fingerprint density at radius 3 is 1.30 bits per heavy atom. The Balaban J connectivity index is 1.12. The second-order valence-electron chi connectivity index (χ2n) is 16.4. The number of aromatic nitrogens is 4. The molecule has 0 unspecified atom stereocenters. The molecule has 6 nitrogen and oxygen atoms in total. The van der Waals surface area contributed by atoms with Crippen molar-refractivity contribution in [3.05, 3.63) is 230 Å². The summed E-state index contributed by atoms with van der Waals surface area (Å²) in [4.78, 5) is 9.68. The molecule has 4 aromatic heterocycles. The van der Waals surface area contributed by atoms with Gasteiger partial charge in [-0.3, -0.25) is 9.97 Å². The molecule has 0 spiro atoms. The Labute approximate surface area is 380 Å². The molecular weight excluding hydrogens is 805 g/mol. The quantitative estimate of drug-likeness (QED) is 0.160. The summed E-state index contributed by atoms with van der Waals surface area (Å²) in [5.41, 5.74) is 16.3. The van der Waals surface area contributed by atoms with E-state index in [0.717, 1.165) is 111 Å². The first kappa shape index (κ1) is 38.3. The maximum Gasteiger partial charge on any atom is 0.104 e. The molecule has 0 aliphatic rings. The average molecular weight is 841 g/mol. The minimum atomic E-state index is 0.519. The Morgan fingerprint density at radius 2 is 0.803 bits per heavy atom. The van der Waals surface area contributed by atoms with Crippen LogP contribution in [0.2, 0.25) is 0 Å². The zero-order valence-corrected chi connectivity index (χ0v) is 35.5. The number of para-hydroxylation sites is 2. The smallest absolute Gasteiger partial charge is 0.104 e. The van der Waals surface area contributed by atoms with Gasteiger partial charge >= 0.3 is 0 Å². The maximum absolute atomic E-state index is 11.6. The second-order valence-corrected chi connectivity index (χ2v) is 16.4. The zero-order valence-electron chi connectivity index (χ0n) is 35.5. The number of nitrogens with zero attached hydrogens (tertiary/aromatic N) is 6. The van der Waals surface area contributed by atoms with Crippen molar-refractivity contribution < 1.29 is 0 Å². The fourth-order valence-corrected chi connectivity index (χ4v) is 9.74. The highest BCUT2D eigenvalue weighted by Crippen LogP contribution is 2.43. The first-order valence-corrected chi connectivity index (χ1v) is 21.8. The number of rotatable bonds is 7. The van der Waals surface area contributed by atoms with E-state index >= 15 is 0 Å². The lowest BCUT2D eigenvalue weighted by atomic mass is 9.97. The maximum atomic E-state index is 11.6. The molecule has 0 radical (unpaired) electrons. The van der Waals surface area contributed by atoms with Crippen LogP contribution in [0.3, 0.4) is 0 Å². The molecule has 6 heteroatoms. The number of hydrogen-bond acceptors (Lipinski definition) is 4. The van der Waals surface area contributed by atoms with Crippen molar-refractivity contribution in [3.8, 4) is 79.4 Å². The van der Waals surface area contributed by atoms with Crippen LogP contribution in [0.25, 0.3) is 111 Å². The van der Waals surface area contributed by atoms with Crippen molar-refractivity contribution in [3.63, 3.8) is 0 Å². The molecule has 12 aromatic rings. The summed E-state index contributed by atoms with van der Waals surface area (Å²) in [5, 5.41) is 25.8. The molecule has 0 amide bonds. The second kappa shape index (κ2) is 15.8. The summed E-state index contributed by atoms with van der Waals surface area (Å²) in [6, 6.07) is 75.7. The molecule has 0 bridgehead atoms. The van der Waals surface area contributed by atoms with E-state index in [9.17, 15) is 10.5 Å². The van der Waals surface area contributed by atoms with Gasteiger partial charge in [0, 0.05) is 56.2 Å². The Morgan fingerprint density at radius 1 is 0.333 bits per heavy atom. The normalized spacial score (nSPS) is 11.3. The van der Waals surface area contributed by atoms with Crippen molar-refractivity contribution in [2.45, 2.75) is 0 Å². The van der Waals surface area contributed by atoms with E-state index in [1.165, 1.54) is 0 Å². The van der Waals surface area contributed by atoms with Crippen molar-refractivity contribution in [2.24, 2.45) is 0 Å². The highest BCUT2D eigenvalue weighted by atomic mass is 15.0. The van der Waals surface area contributed by atoms with Gasteiger partial charge in [-0.05, 0) is 95.1 Å². The molecule has 0 atom stereocenters. The van der Waals surface area contributed by atoms with Crippen molar-refractivity contribution in [1.29, 1.82) is 10.5 Å². The predicted molar refractivity (Wildman–Crippen MR) is 267 cm³/mol. The van der Waals surface area contributed by atoms with Crippen LogP contribution in [-0.2, 0) is 0 Å². The number of nitriles is 2. The van der Waals surface area contributed by atoms with Crippen LogP contribution in [0.5, 0.6) is 0 Å². The van der Waals surface area contributed by atoms with E-state index in [1.807, 2.05) is 85.2 Å². The van der Waals surface area contributed by atoms with E-state index in [-0.39, 0.29) is 0 Å². The fraction of sp³-hybridized carbons (Fsp3) is 0. The van der Waals surface area contributed by atoms with Crippen molar-refractivity contribution in [1.82, 2.24) is 19.1 Å². The lowest BCUT2D eigenvalue weighted by Crippen LogP contribution is -2.05. The monoisotopic (exact) mass is 840 g/mol. The van der Waals surface area contributed by atoms with Crippen molar-refractivity contribution >= 4 is 43.6 Å². The lowest BCUT2D eigenvalue weighted by molar-refractivity contribution is 1.12. The molecule has 8 aromatic carbocycles. The van der Waals surface area contributed by atoms with Gasteiger partial charge < -0.3 is 9.13 Å². The predicted octanol–water partition coefficient (Wildman–Crippen LogP) is 14.7. The minimum absolute atomic E-state index is 0.519. The first-order valence-electron chi connectivity index (χ1n) is 21.8. The summed E-state index contributed by atoms with van der Waals surface area (Å²) in [7, 11) is 0. The lowest BCUT2D eigenvalue weighted by Gasteiger charge is -2.18. The topological polar surface area (TPSA) is 83.2 Å². The molecule has 12 rings (SSSR count). The molecule has 0 aliphatic heterocycles. The average Bonchev–Trinajstić information content (AvgIpc) is 3.90. The van der Waals surface area contributed by atoms with Gasteiger partial charge in [-0.2, -0.15) is 10.5 Å². The Kier molecular flexibility index (Phi) is 9.16. The first-order chi connectivity index (χ1) is 32.7.